The molecule has 0 unspecified atom stereocenters. The van der Waals surface area contributed by atoms with Crippen molar-refractivity contribution in [1.82, 2.24) is 0 Å². The normalized spacial score (nSPS) is 11.5. The molecule has 0 heteroatoms. The molecule has 22 heavy (non-hydrogen) atoms. The minimum Gasteiger partial charge on any atom is -0.0885 e. The van der Waals surface area contributed by atoms with Crippen LogP contribution in [0.3, 0.4) is 0 Å². The molecule has 0 aromatic rings. The minimum absolute atomic E-state index is 1.09. The highest BCUT2D eigenvalue weighted by Gasteiger charge is 1.93. The Hall–Kier alpha value is -0.260. The van der Waals surface area contributed by atoms with Crippen LogP contribution in [-0.4, -0.2) is 0 Å². The maximum atomic E-state index is 3.88. The van der Waals surface area contributed by atoms with Gasteiger partial charge in [-0.1, -0.05) is 116 Å². The van der Waals surface area contributed by atoms with E-state index in [2.05, 4.69) is 26.0 Å². The fourth-order valence-electron chi connectivity index (χ4n) is 2.95. The Morgan fingerprint density at radius 1 is 0.500 bits per heavy atom. The van der Waals surface area contributed by atoms with Crippen molar-refractivity contribution in [3.63, 3.8) is 0 Å². The molecular weight excluding hydrogens is 264 g/mol. The molecule has 0 aromatic heterocycles. The fraction of sp³-hybridized carbons (Fsp3) is 0.864. The molecule has 0 spiro atoms. The van der Waals surface area contributed by atoms with Crippen molar-refractivity contribution in [2.24, 2.45) is 0 Å². The summed E-state index contributed by atoms with van der Waals surface area (Å²) in [5, 5.41) is 0. The molecule has 0 saturated heterocycles. The summed E-state index contributed by atoms with van der Waals surface area (Å²) < 4.78 is 0. The third-order valence-electron chi connectivity index (χ3n) is 4.51. The summed E-state index contributed by atoms with van der Waals surface area (Å²) in [6.45, 7) is 6.17. The Balaban J connectivity index is 2.99. The molecule has 0 aliphatic carbocycles. The second-order valence-corrected chi connectivity index (χ2v) is 6.85. The van der Waals surface area contributed by atoms with Crippen molar-refractivity contribution in [3.05, 3.63) is 19.1 Å². The summed E-state index contributed by atoms with van der Waals surface area (Å²) in [5.41, 5.74) is 0. The van der Waals surface area contributed by atoms with Crippen molar-refractivity contribution in [1.29, 1.82) is 0 Å². The van der Waals surface area contributed by atoms with Crippen molar-refractivity contribution in [3.8, 4) is 0 Å². The van der Waals surface area contributed by atoms with Crippen LogP contribution in [-0.2, 0) is 0 Å². The van der Waals surface area contributed by atoms with Gasteiger partial charge in [0.2, 0.25) is 0 Å². The van der Waals surface area contributed by atoms with E-state index in [0.717, 1.165) is 6.42 Å². The van der Waals surface area contributed by atoms with Crippen LogP contribution in [0.15, 0.2) is 12.2 Å². The zero-order valence-electron chi connectivity index (χ0n) is 15.6. The Morgan fingerprint density at radius 2 is 0.864 bits per heavy atom. The molecule has 0 nitrogen and oxygen atoms in total. The molecular formula is C22H43. The van der Waals surface area contributed by atoms with Gasteiger partial charge in [-0.25, -0.2) is 0 Å². The highest BCUT2D eigenvalue weighted by molar-refractivity contribution is 4.81. The molecule has 0 aromatic carbocycles. The first-order valence-corrected chi connectivity index (χ1v) is 10.4. The molecule has 0 bridgehead atoms. The lowest BCUT2D eigenvalue weighted by molar-refractivity contribution is 0.540. The first kappa shape index (κ1) is 21.7. The van der Waals surface area contributed by atoms with E-state index in [9.17, 15) is 0 Å². The van der Waals surface area contributed by atoms with E-state index in [4.69, 9.17) is 0 Å². The highest BCUT2D eigenvalue weighted by Crippen LogP contribution is 2.13. The van der Waals surface area contributed by atoms with Crippen LogP contribution in [0.25, 0.3) is 0 Å². The number of unbranched alkanes of at least 4 members (excludes halogenated alkanes) is 16. The SMILES string of the molecule is [CH2]CCCC/C=C/CCCCCCCCCCCCCCC. The first-order chi connectivity index (χ1) is 10.9. The van der Waals surface area contributed by atoms with Gasteiger partial charge in [-0.3, -0.25) is 0 Å². The fourth-order valence-corrected chi connectivity index (χ4v) is 2.95. The summed E-state index contributed by atoms with van der Waals surface area (Å²) in [6, 6.07) is 0. The van der Waals surface area contributed by atoms with Crippen molar-refractivity contribution in [2.45, 2.75) is 122 Å². The Kier molecular flexibility index (Phi) is 20.5. The van der Waals surface area contributed by atoms with Crippen molar-refractivity contribution < 1.29 is 0 Å². The van der Waals surface area contributed by atoms with Gasteiger partial charge in [-0.2, -0.15) is 0 Å². The highest BCUT2D eigenvalue weighted by atomic mass is 14.0. The number of hydrogen-bond acceptors (Lipinski definition) is 0. The maximum Gasteiger partial charge on any atom is -0.0351 e. The summed E-state index contributed by atoms with van der Waals surface area (Å²) >= 11 is 0. The summed E-state index contributed by atoms with van der Waals surface area (Å²) in [7, 11) is 0. The smallest absolute Gasteiger partial charge is 0.0351 e. The van der Waals surface area contributed by atoms with Crippen molar-refractivity contribution in [2.75, 3.05) is 0 Å². The largest absolute Gasteiger partial charge is 0.0885 e. The van der Waals surface area contributed by atoms with E-state index in [-0.39, 0.29) is 0 Å². The van der Waals surface area contributed by atoms with Gasteiger partial charge in [0.05, 0.1) is 0 Å². The predicted octanol–water partition coefficient (Wildman–Crippen LogP) is 8.42. The second kappa shape index (κ2) is 20.7. The molecule has 0 saturated carbocycles. The summed E-state index contributed by atoms with van der Waals surface area (Å²) in [6.07, 6.45) is 29.8. The van der Waals surface area contributed by atoms with Gasteiger partial charge >= 0.3 is 0 Å². The van der Waals surface area contributed by atoms with Gasteiger partial charge in [0, 0.05) is 0 Å². The lowest BCUT2D eigenvalue weighted by Crippen LogP contribution is -1.82. The minimum atomic E-state index is 1.09. The third kappa shape index (κ3) is 19.7. The molecule has 1 radical (unpaired) electrons. The van der Waals surface area contributed by atoms with Gasteiger partial charge in [-0.05, 0) is 25.7 Å². The second-order valence-electron chi connectivity index (χ2n) is 6.85. The standard InChI is InChI=1S/C22H43/c1-3-5-7-9-11-13-15-17-19-21-22-20-18-16-14-12-10-8-6-4-2/h11,13H,1,3-10,12,14-22H2,2H3/b13-11+. The zero-order valence-corrected chi connectivity index (χ0v) is 15.6. The van der Waals surface area contributed by atoms with Gasteiger partial charge in [-0.15, -0.1) is 0 Å². The van der Waals surface area contributed by atoms with Crippen LogP contribution in [0.1, 0.15) is 122 Å². The lowest BCUT2D eigenvalue weighted by Gasteiger charge is -2.02. The Labute approximate surface area is 142 Å². The molecule has 0 N–H and O–H groups in total. The van der Waals surface area contributed by atoms with Gasteiger partial charge in [0.25, 0.3) is 0 Å². The van der Waals surface area contributed by atoms with E-state index in [1.807, 2.05) is 0 Å². The van der Waals surface area contributed by atoms with Gasteiger partial charge in [0.15, 0.2) is 0 Å². The molecule has 131 valence electrons. The Morgan fingerprint density at radius 3 is 1.27 bits per heavy atom. The lowest BCUT2D eigenvalue weighted by atomic mass is 10.0. The average Bonchev–Trinajstić information content (AvgIpc) is 2.54. The molecule has 0 fully saturated rings. The van der Waals surface area contributed by atoms with Crippen LogP contribution in [0.4, 0.5) is 0 Å². The molecule has 0 heterocycles. The molecule has 0 aliphatic heterocycles. The van der Waals surface area contributed by atoms with E-state index in [0.29, 0.717) is 0 Å². The van der Waals surface area contributed by atoms with Crippen molar-refractivity contribution >= 4 is 0 Å². The van der Waals surface area contributed by atoms with Gasteiger partial charge < -0.3 is 0 Å². The number of hydrogen-bond donors (Lipinski definition) is 0. The van der Waals surface area contributed by atoms with Crippen LogP contribution >= 0.6 is 0 Å². The third-order valence-corrected chi connectivity index (χ3v) is 4.51. The molecule has 0 amide bonds. The van der Waals surface area contributed by atoms with E-state index >= 15 is 0 Å². The topological polar surface area (TPSA) is 0 Å². The maximum absolute atomic E-state index is 3.88. The van der Waals surface area contributed by atoms with Gasteiger partial charge in [0.1, 0.15) is 0 Å². The average molecular weight is 308 g/mol. The molecule has 0 aliphatic rings. The zero-order chi connectivity index (χ0) is 16.1. The molecule has 0 rings (SSSR count). The number of rotatable bonds is 18. The van der Waals surface area contributed by atoms with Crippen LogP contribution in [0, 0.1) is 6.92 Å². The Bertz CT molecular complexity index is 204. The summed E-state index contributed by atoms with van der Waals surface area (Å²) in [4.78, 5) is 0. The van der Waals surface area contributed by atoms with E-state index in [1.54, 1.807) is 0 Å². The number of allylic oxidation sites excluding steroid dienone is 2. The predicted molar refractivity (Wildman–Crippen MR) is 103 cm³/mol. The van der Waals surface area contributed by atoms with Crippen LogP contribution in [0.5, 0.6) is 0 Å². The monoisotopic (exact) mass is 307 g/mol. The molecule has 0 atom stereocenters. The first-order valence-electron chi connectivity index (χ1n) is 10.4. The van der Waals surface area contributed by atoms with E-state index < -0.39 is 0 Å². The quantitative estimate of drug-likeness (QED) is 0.176. The van der Waals surface area contributed by atoms with Crippen LogP contribution in [0.2, 0.25) is 0 Å². The van der Waals surface area contributed by atoms with Crippen LogP contribution < -0.4 is 0 Å². The van der Waals surface area contributed by atoms with E-state index in [1.165, 1.54) is 109 Å². The summed E-state index contributed by atoms with van der Waals surface area (Å²) in [5.74, 6) is 0.